The molecule has 7 heteroatoms. The van der Waals surface area contributed by atoms with Gasteiger partial charge in [0.1, 0.15) is 6.61 Å². The van der Waals surface area contributed by atoms with Gasteiger partial charge in [0.2, 0.25) is 5.12 Å². The van der Waals surface area contributed by atoms with Crippen LogP contribution >= 0.6 is 11.8 Å². The molecule has 0 amide bonds. The predicted octanol–water partition coefficient (Wildman–Crippen LogP) is 6.62. The van der Waals surface area contributed by atoms with E-state index in [1.165, 1.54) is 69.5 Å². The van der Waals surface area contributed by atoms with Crippen LogP contribution in [0.4, 0.5) is 0 Å². The first-order valence-electron chi connectivity index (χ1n) is 12.3. The van der Waals surface area contributed by atoms with Gasteiger partial charge in [0.15, 0.2) is 0 Å². The minimum Gasteiger partial charge on any atom is -0.374 e. The second-order valence-electron chi connectivity index (χ2n) is 7.54. The molecule has 0 saturated heterocycles. The highest BCUT2D eigenvalue weighted by atomic mass is 32.2. The fourth-order valence-electron chi connectivity index (χ4n) is 3.36. The zero-order chi connectivity index (χ0) is 22.3. The Morgan fingerprint density at radius 2 is 1.20 bits per heavy atom. The maximum Gasteiger partial charge on any atom is 0.500 e. The summed E-state index contributed by atoms with van der Waals surface area (Å²) >= 11 is 1.35. The summed E-state index contributed by atoms with van der Waals surface area (Å²) in [6.07, 6.45) is 13.9. The van der Waals surface area contributed by atoms with E-state index >= 15 is 0 Å². The lowest BCUT2D eigenvalue weighted by Gasteiger charge is -2.28. The van der Waals surface area contributed by atoms with Crippen LogP contribution in [0.15, 0.2) is 0 Å². The third kappa shape index (κ3) is 17.7. The molecule has 0 fully saturated rings. The number of rotatable bonds is 23. The maximum atomic E-state index is 12.0. The highest BCUT2D eigenvalue weighted by Gasteiger charge is 2.39. The molecule has 0 N–H and O–H groups in total. The highest BCUT2D eigenvalue weighted by molar-refractivity contribution is 8.13. The van der Waals surface area contributed by atoms with E-state index in [1.54, 1.807) is 0 Å². The Hall–Kier alpha value is 0.0769. The van der Waals surface area contributed by atoms with Crippen LogP contribution in [-0.2, 0) is 22.8 Å². The van der Waals surface area contributed by atoms with E-state index in [4.69, 9.17) is 18.0 Å². The molecule has 0 aliphatic rings. The Kier molecular flexibility index (Phi) is 22.3. The molecule has 180 valence electrons. The van der Waals surface area contributed by atoms with Crippen molar-refractivity contribution in [2.24, 2.45) is 0 Å². The summed E-state index contributed by atoms with van der Waals surface area (Å²) in [5.41, 5.74) is 0. The molecule has 0 aliphatic carbocycles. The topological polar surface area (TPSA) is 54.0 Å². The third-order valence-corrected chi connectivity index (χ3v) is 8.93. The van der Waals surface area contributed by atoms with Crippen molar-refractivity contribution >= 4 is 25.7 Å². The number of carbonyl (C=O) groups excluding carboxylic acids is 1. The van der Waals surface area contributed by atoms with Crippen molar-refractivity contribution in [1.82, 2.24) is 0 Å². The van der Waals surface area contributed by atoms with Gasteiger partial charge < -0.3 is 18.0 Å². The number of hydrogen-bond acceptors (Lipinski definition) is 6. The van der Waals surface area contributed by atoms with Crippen molar-refractivity contribution in [3.8, 4) is 0 Å². The lowest BCUT2D eigenvalue weighted by atomic mass is 10.1. The van der Waals surface area contributed by atoms with E-state index in [2.05, 4.69) is 6.92 Å². The molecule has 0 unspecified atom stereocenters. The summed E-state index contributed by atoms with van der Waals surface area (Å²) in [7, 11) is -2.58. The molecule has 0 saturated carbocycles. The van der Waals surface area contributed by atoms with Crippen LogP contribution in [0, 0.1) is 0 Å². The molecule has 0 spiro atoms. The number of hydrogen-bond donors (Lipinski definition) is 0. The second-order valence-corrected chi connectivity index (χ2v) is 11.4. The van der Waals surface area contributed by atoms with E-state index in [9.17, 15) is 4.79 Å². The van der Waals surface area contributed by atoms with Crippen molar-refractivity contribution in [2.75, 3.05) is 38.8 Å². The summed E-state index contributed by atoms with van der Waals surface area (Å²) in [5.74, 6) is 0.752. The highest BCUT2D eigenvalue weighted by Crippen LogP contribution is 2.20. The molecule has 0 radical (unpaired) electrons. The largest absolute Gasteiger partial charge is 0.500 e. The standard InChI is InChI=1S/C23H48O5SSi/c1-5-9-10-11-12-13-14-15-16-17-19-25-22-23(24)29-20-18-21-30(26-6-2,27-7-3)28-8-4/h5-22H2,1-4H3. The van der Waals surface area contributed by atoms with Gasteiger partial charge in [0.25, 0.3) is 0 Å². The van der Waals surface area contributed by atoms with Gasteiger partial charge in [0.05, 0.1) is 0 Å². The van der Waals surface area contributed by atoms with E-state index in [1.807, 2.05) is 20.8 Å². The van der Waals surface area contributed by atoms with Crippen molar-refractivity contribution in [2.45, 2.75) is 104 Å². The van der Waals surface area contributed by atoms with E-state index in [0.29, 0.717) is 26.4 Å². The van der Waals surface area contributed by atoms with Crippen LogP contribution in [0.25, 0.3) is 0 Å². The molecule has 5 nitrogen and oxygen atoms in total. The normalized spacial score (nSPS) is 11.9. The first kappa shape index (κ1) is 30.1. The average molecular weight is 465 g/mol. The predicted molar refractivity (Wildman–Crippen MR) is 130 cm³/mol. The number of ether oxygens (including phenoxy) is 1. The van der Waals surface area contributed by atoms with Gasteiger partial charge in [-0.2, -0.15) is 0 Å². The molecule has 30 heavy (non-hydrogen) atoms. The maximum absolute atomic E-state index is 12.0. The monoisotopic (exact) mass is 464 g/mol. The van der Waals surface area contributed by atoms with Gasteiger partial charge in [-0.05, 0) is 33.6 Å². The zero-order valence-electron chi connectivity index (χ0n) is 20.2. The lowest BCUT2D eigenvalue weighted by Crippen LogP contribution is -2.46. The van der Waals surface area contributed by atoms with Crippen molar-refractivity contribution in [1.29, 1.82) is 0 Å². The third-order valence-electron chi connectivity index (χ3n) is 4.85. The van der Waals surface area contributed by atoms with Crippen molar-refractivity contribution in [3.63, 3.8) is 0 Å². The number of carbonyl (C=O) groups is 1. The molecule has 0 aromatic rings. The molecule has 0 atom stereocenters. The second kappa shape index (κ2) is 22.3. The average Bonchev–Trinajstić information content (AvgIpc) is 2.72. The van der Waals surface area contributed by atoms with Crippen LogP contribution in [0.3, 0.4) is 0 Å². The fraction of sp³-hybridized carbons (Fsp3) is 0.957. The summed E-state index contributed by atoms with van der Waals surface area (Å²) in [5, 5.41) is 0.110. The van der Waals surface area contributed by atoms with Crippen LogP contribution < -0.4 is 0 Å². The first-order valence-corrected chi connectivity index (χ1v) is 15.2. The van der Waals surface area contributed by atoms with Gasteiger partial charge in [0, 0.05) is 38.2 Å². The van der Waals surface area contributed by atoms with Gasteiger partial charge in [-0.25, -0.2) is 0 Å². The SMILES string of the molecule is CCCCCCCCCCCCOCC(=O)SCCC[Si](OCC)(OCC)OCC. The molecule has 0 aliphatic heterocycles. The Morgan fingerprint density at radius 1 is 0.700 bits per heavy atom. The van der Waals surface area contributed by atoms with Crippen LogP contribution in [0.2, 0.25) is 6.04 Å². The molecule has 0 bridgehead atoms. The van der Waals surface area contributed by atoms with E-state index in [-0.39, 0.29) is 11.7 Å². The van der Waals surface area contributed by atoms with Crippen molar-refractivity contribution < 1.29 is 22.8 Å². The van der Waals surface area contributed by atoms with E-state index in [0.717, 1.165) is 24.6 Å². The summed E-state index contributed by atoms with van der Waals surface area (Å²) in [4.78, 5) is 12.0. The van der Waals surface area contributed by atoms with Crippen LogP contribution in [0.5, 0.6) is 0 Å². The summed E-state index contributed by atoms with van der Waals surface area (Å²) in [6, 6.07) is 0.752. The quantitative estimate of drug-likeness (QED) is 0.125. The fourth-order valence-corrected chi connectivity index (χ4v) is 6.92. The minimum absolute atomic E-state index is 0.110. The molecule has 0 rings (SSSR count). The van der Waals surface area contributed by atoms with Gasteiger partial charge in [-0.1, -0.05) is 76.5 Å². The summed E-state index contributed by atoms with van der Waals surface area (Å²) < 4.78 is 23.1. The Morgan fingerprint density at radius 3 is 1.70 bits per heavy atom. The van der Waals surface area contributed by atoms with Gasteiger partial charge in [-0.3, -0.25) is 4.79 Å². The van der Waals surface area contributed by atoms with Gasteiger partial charge in [-0.15, -0.1) is 0 Å². The van der Waals surface area contributed by atoms with Crippen LogP contribution in [0.1, 0.15) is 98.3 Å². The number of unbranched alkanes of at least 4 members (excludes halogenated alkanes) is 9. The minimum atomic E-state index is -2.58. The Bertz CT molecular complexity index is 368. The van der Waals surface area contributed by atoms with Crippen molar-refractivity contribution in [3.05, 3.63) is 0 Å². The zero-order valence-corrected chi connectivity index (χ0v) is 22.0. The van der Waals surface area contributed by atoms with Gasteiger partial charge >= 0.3 is 8.80 Å². The molecule has 0 aromatic heterocycles. The molecule has 0 aromatic carbocycles. The smallest absolute Gasteiger partial charge is 0.374 e. The van der Waals surface area contributed by atoms with Crippen LogP contribution in [-0.4, -0.2) is 52.7 Å². The Balaban J connectivity index is 3.62. The van der Waals surface area contributed by atoms with E-state index < -0.39 is 8.80 Å². The first-order chi connectivity index (χ1) is 14.6. The number of thioether (sulfide) groups is 1. The molecule has 0 heterocycles. The Labute approximate surface area is 191 Å². The molecular weight excluding hydrogens is 416 g/mol. The molecular formula is C23H48O5SSi. The lowest BCUT2D eigenvalue weighted by molar-refractivity contribution is -0.115. The summed E-state index contributed by atoms with van der Waals surface area (Å²) in [6.45, 7) is 10.8.